The zero-order chi connectivity index (χ0) is 14.8. The third-order valence-electron chi connectivity index (χ3n) is 2.94. The van der Waals surface area contributed by atoms with Crippen LogP contribution < -0.4 is 5.32 Å². The molecule has 0 bridgehead atoms. The molecule has 0 aliphatic rings. The predicted molar refractivity (Wildman–Crippen MR) is 75.1 cm³/mol. The van der Waals surface area contributed by atoms with E-state index in [2.05, 4.69) is 20.4 Å². The van der Waals surface area contributed by atoms with Crippen LogP contribution in [-0.4, -0.2) is 26.2 Å². The minimum absolute atomic E-state index is 0.0134. The normalized spacial score (nSPS) is 10.7. The number of hydrogen-bond acceptors (Lipinski definition) is 6. The summed E-state index contributed by atoms with van der Waals surface area (Å²) in [5.41, 5.74) is -0.0134. The third kappa shape index (κ3) is 2.66. The number of carboxylic acids is 1. The SMILES string of the molecule is Cc1nc(CNc2nc(C(=O)O)cc3ccccc23)no1. The van der Waals surface area contributed by atoms with E-state index in [1.165, 1.54) is 0 Å². The van der Waals surface area contributed by atoms with E-state index in [9.17, 15) is 4.79 Å². The number of rotatable bonds is 4. The van der Waals surface area contributed by atoms with Crippen molar-refractivity contribution >= 4 is 22.6 Å². The zero-order valence-electron chi connectivity index (χ0n) is 11.2. The summed E-state index contributed by atoms with van der Waals surface area (Å²) in [6.45, 7) is 2.01. The van der Waals surface area contributed by atoms with Gasteiger partial charge in [-0.3, -0.25) is 0 Å². The average Bonchev–Trinajstić information content (AvgIpc) is 2.90. The van der Waals surface area contributed by atoms with Gasteiger partial charge >= 0.3 is 5.97 Å². The second-order valence-corrected chi connectivity index (χ2v) is 4.47. The monoisotopic (exact) mass is 284 g/mol. The molecule has 0 radical (unpaired) electrons. The number of pyridine rings is 1. The summed E-state index contributed by atoms with van der Waals surface area (Å²) >= 11 is 0. The molecule has 2 aromatic heterocycles. The zero-order valence-corrected chi connectivity index (χ0v) is 11.2. The van der Waals surface area contributed by atoms with Gasteiger partial charge in [-0.2, -0.15) is 4.98 Å². The number of benzene rings is 1. The molecule has 0 spiro atoms. The topological polar surface area (TPSA) is 101 Å². The van der Waals surface area contributed by atoms with Crippen molar-refractivity contribution in [2.24, 2.45) is 0 Å². The summed E-state index contributed by atoms with van der Waals surface area (Å²) in [6.07, 6.45) is 0. The van der Waals surface area contributed by atoms with Crippen molar-refractivity contribution < 1.29 is 14.4 Å². The lowest BCUT2D eigenvalue weighted by Gasteiger charge is -2.08. The molecule has 7 heteroatoms. The lowest BCUT2D eigenvalue weighted by atomic mass is 10.1. The van der Waals surface area contributed by atoms with E-state index in [0.29, 0.717) is 24.1 Å². The van der Waals surface area contributed by atoms with Gasteiger partial charge < -0.3 is 14.9 Å². The molecule has 0 aliphatic heterocycles. The van der Waals surface area contributed by atoms with Crippen molar-refractivity contribution in [3.8, 4) is 0 Å². The van der Waals surface area contributed by atoms with Gasteiger partial charge in [0, 0.05) is 12.3 Å². The number of aromatic carboxylic acids is 1. The largest absolute Gasteiger partial charge is 0.477 e. The van der Waals surface area contributed by atoms with Gasteiger partial charge in [-0.25, -0.2) is 9.78 Å². The Morgan fingerprint density at radius 2 is 2.14 bits per heavy atom. The molecule has 0 aliphatic carbocycles. The predicted octanol–water partition coefficient (Wildman–Crippen LogP) is 2.24. The van der Waals surface area contributed by atoms with Crippen LogP contribution in [0.15, 0.2) is 34.9 Å². The quantitative estimate of drug-likeness (QED) is 0.757. The van der Waals surface area contributed by atoms with E-state index in [4.69, 9.17) is 9.63 Å². The molecule has 2 heterocycles. The van der Waals surface area contributed by atoms with Crippen LogP contribution in [0.25, 0.3) is 10.8 Å². The van der Waals surface area contributed by atoms with Gasteiger partial charge in [0.25, 0.3) is 0 Å². The highest BCUT2D eigenvalue weighted by molar-refractivity contribution is 5.97. The van der Waals surface area contributed by atoms with Crippen molar-refractivity contribution in [3.05, 3.63) is 47.7 Å². The summed E-state index contributed by atoms with van der Waals surface area (Å²) in [5.74, 6) is 0.371. The summed E-state index contributed by atoms with van der Waals surface area (Å²) < 4.78 is 4.89. The number of aryl methyl sites for hydroxylation is 1. The van der Waals surface area contributed by atoms with Crippen LogP contribution in [0, 0.1) is 6.92 Å². The molecule has 0 saturated carbocycles. The molecular formula is C14H12N4O3. The first-order valence-corrected chi connectivity index (χ1v) is 6.29. The molecule has 3 rings (SSSR count). The highest BCUT2D eigenvalue weighted by Crippen LogP contribution is 2.23. The number of anilines is 1. The van der Waals surface area contributed by atoms with Crippen LogP contribution >= 0.6 is 0 Å². The van der Waals surface area contributed by atoms with E-state index in [1.807, 2.05) is 24.3 Å². The van der Waals surface area contributed by atoms with E-state index in [-0.39, 0.29) is 5.69 Å². The Kier molecular flexibility index (Phi) is 3.23. The van der Waals surface area contributed by atoms with E-state index in [0.717, 1.165) is 10.8 Å². The first kappa shape index (κ1) is 13.0. The van der Waals surface area contributed by atoms with E-state index >= 15 is 0 Å². The van der Waals surface area contributed by atoms with Crippen LogP contribution in [0.1, 0.15) is 22.2 Å². The summed E-state index contributed by atoms with van der Waals surface area (Å²) in [5, 5.41) is 17.6. The summed E-state index contributed by atoms with van der Waals surface area (Å²) in [4.78, 5) is 19.3. The van der Waals surface area contributed by atoms with Crippen molar-refractivity contribution in [3.63, 3.8) is 0 Å². The molecular weight excluding hydrogens is 272 g/mol. The van der Waals surface area contributed by atoms with Crippen molar-refractivity contribution in [1.82, 2.24) is 15.1 Å². The Labute approximate surface area is 119 Å². The number of hydrogen-bond donors (Lipinski definition) is 2. The van der Waals surface area contributed by atoms with Gasteiger partial charge in [0.05, 0.1) is 6.54 Å². The Hall–Kier alpha value is -2.96. The fraction of sp³-hybridized carbons (Fsp3) is 0.143. The van der Waals surface area contributed by atoms with Gasteiger partial charge in [0.1, 0.15) is 5.82 Å². The molecule has 0 atom stereocenters. The number of carboxylic acid groups (broad SMARTS) is 1. The molecule has 0 amide bonds. The number of nitrogens with one attached hydrogen (secondary N) is 1. The van der Waals surface area contributed by atoms with Gasteiger partial charge in [-0.05, 0) is 11.5 Å². The van der Waals surface area contributed by atoms with Crippen LogP contribution in [0.2, 0.25) is 0 Å². The second kappa shape index (κ2) is 5.20. The van der Waals surface area contributed by atoms with Crippen LogP contribution in [-0.2, 0) is 6.54 Å². The molecule has 2 N–H and O–H groups in total. The van der Waals surface area contributed by atoms with Crippen molar-refractivity contribution in [1.29, 1.82) is 0 Å². The third-order valence-corrected chi connectivity index (χ3v) is 2.94. The number of carbonyl (C=O) groups is 1. The van der Waals surface area contributed by atoms with Gasteiger partial charge in [0.15, 0.2) is 11.5 Å². The Morgan fingerprint density at radius 3 is 2.86 bits per heavy atom. The first-order chi connectivity index (χ1) is 10.1. The lowest BCUT2D eigenvalue weighted by Crippen LogP contribution is -2.07. The van der Waals surface area contributed by atoms with Crippen LogP contribution in [0.4, 0.5) is 5.82 Å². The Balaban J connectivity index is 1.97. The summed E-state index contributed by atoms with van der Waals surface area (Å²) in [6, 6.07) is 8.97. The number of nitrogens with zero attached hydrogens (tertiary/aromatic N) is 3. The van der Waals surface area contributed by atoms with E-state index in [1.54, 1.807) is 13.0 Å². The first-order valence-electron chi connectivity index (χ1n) is 6.29. The van der Waals surface area contributed by atoms with Crippen LogP contribution in [0.5, 0.6) is 0 Å². The fourth-order valence-electron chi connectivity index (χ4n) is 2.02. The molecule has 0 fully saturated rings. The van der Waals surface area contributed by atoms with Crippen molar-refractivity contribution in [2.75, 3.05) is 5.32 Å². The number of aromatic nitrogens is 3. The molecule has 106 valence electrons. The molecule has 3 aromatic rings. The Morgan fingerprint density at radius 1 is 1.33 bits per heavy atom. The average molecular weight is 284 g/mol. The minimum atomic E-state index is -1.07. The molecule has 0 unspecified atom stereocenters. The van der Waals surface area contributed by atoms with Crippen LogP contribution in [0.3, 0.4) is 0 Å². The highest BCUT2D eigenvalue weighted by atomic mass is 16.5. The standard InChI is InChI=1S/C14H12N4O3/c1-8-16-12(18-21-8)7-15-13-10-5-3-2-4-9(10)6-11(17-13)14(19)20/h2-6H,7H2,1H3,(H,15,17)(H,19,20). The Bertz CT molecular complexity index is 813. The molecule has 1 aromatic carbocycles. The number of fused-ring (bicyclic) bond motifs is 1. The maximum absolute atomic E-state index is 11.1. The fourth-order valence-corrected chi connectivity index (χ4v) is 2.02. The van der Waals surface area contributed by atoms with Gasteiger partial charge in [-0.1, -0.05) is 29.4 Å². The molecule has 21 heavy (non-hydrogen) atoms. The molecule has 7 nitrogen and oxygen atoms in total. The second-order valence-electron chi connectivity index (χ2n) is 4.47. The van der Waals surface area contributed by atoms with Crippen molar-refractivity contribution in [2.45, 2.75) is 13.5 Å². The maximum Gasteiger partial charge on any atom is 0.354 e. The van der Waals surface area contributed by atoms with Gasteiger partial charge in [-0.15, -0.1) is 0 Å². The summed E-state index contributed by atoms with van der Waals surface area (Å²) in [7, 11) is 0. The van der Waals surface area contributed by atoms with E-state index < -0.39 is 5.97 Å². The maximum atomic E-state index is 11.1. The lowest BCUT2D eigenvalue weighted by molar-refractivity contribution is 0.0691. The molecule has 0 saturated heterocycles. The minimum Gasteiger partial charge on any atom is -0.477 e. The smallest absolute Gasteiger partial charge is 0.354 e. The van der Waals surface area contributed by atoms with Gasteiger partial charge in [0.2, 0.25) is 5.89 Å². The highest BCUT2D eigenvalue weighted by Gasteiger charge is 2.11.